The Bertz CT molecular complexity index is 1690. The minimum Gasteiger partial charge on any atom is -0.462 e. The molecule has 2 atom stereocenters. The van der Waals surface area contributed by atoms with E-state index in [1.807, 2.05) is 0 Å². The van der Waals surface area contributed by atoms with Gasteiger partial charge >= 0.3 is 19.8 Å². The van der Waals surface area contributed by atoms with Gasteiger partial charge in [-0.3, -0.25) is 18.6 Å². The number of phosphoric acid groups is 1. The SMILES string of the molecule is CC/C=C\C/C=C\C/C=C\C/C=C\C/C=C\C/C=C\C/C=C\CCCCCCCCCC(=O)OC(COC(=O)CCCCCCCCCCCCCCCCCCCCCCCCCCCCCCCCCCCCCC)COP(=O)(O)OCCN. The number of nitrogens with two attached hydrogens (primary N) is 1. The summed E-state index contributed by atoms with van der Waals surface area (Å²) in [6, 6.07) is 0. The maximum Gasteiger partial charge on any atom is 0.472 e. The van der Waals surface area contributed by atoms with E-state index in [9.17, 15) is 19.0 Å². The predicted octanol–water partition coefficient (Wildman–Crippen LogP) is 24.1. The number of carbonyl (C=O) groups is 2. The zero-order valence-corrected chi connectivity index (χ0v) is 57.2. The lowest BCUT2D eigenvalue weighted by Crippen LogP contribution is -2.29. The molecule has 0 aromatic carbocycles. The monoisotopic (exact) mass is 1220 g/mol. The Morgan fingerprint density at radius 1 is 0.360 bits per heavy atom. The first-order valence-electron chi connectivity index (χ1n) is 36.6. The minimum absolute atomic E-state index is 0.0490. The molecular weight excluding hydrogens is 1090 g/mol. The number of hydrogen-bond donors (Lipinski definition) is 2. The Kier molecular flexibility index (Phi) is 68.9. The highest BCUT2D eigenvalue weighted by Gasteiger charge is 2.26. The van der Waals surface area contributed by atoms with E-state index in [0.29, 0.717) is 6.42 Å². The summed E-state index contributed by atoms with van der Waals surface area (Å²) in [4.78, 5) is 35.4. The standard InChI is InChI=1S/C76H138NO8P/c1-3-5-7-9-11-13-15-17-19-21-23-25-27-29-31-33-34-35-36-37-38-39-41-42-44-46-48-50-52-54-56-58-60-62-64-66-68-75(78)82-72-74(73-84-86(80,81)83-71-70-77)85-76(79)69-67-65-63-61-59-57-55-53-51-49-47-45-43-40-32-30-28-26-24-22-20-18-16-14-12-10-8-6-4-2/h6,8,12,14,18,20,24,26,30,32,43,45,49,51,74H,3-5,7,9-11,13,15-17,19,21-23,25,27-29,31,33-42,44,46-48,50,52-73,77H2,1-2H3,(H,80,81)/b8-6-,14-12-,20-18-,26-24-,32-30-,45-43-,51-49-. The van der Waals surface area contributed by atoms with Crippen LogP contribution in [0.4, 0.5) is 0 Å². The van der Waals surface area contributed by atoms with Gasteiger partial charge < -0.3 is 20.1 Å². The van der Waals surface area contributed by atoms with Gasteiger partial charge in [-0.05, 0) is 70.6 Å². The fraction of sp³-hybridized carbons (Fsp3) is 0.789. The van der Waals surface area contributed by atoms with Crippen molar-refractivity contribution >= 4 is 19.8 Å². The van der Waals surface area contributed by atoms with E-state index in [0.717, 1.165) is 89.9 Å². The molecule has 0 aliphatic heterocycles. The Labute approximate surface area is 532 Å². The minimum atomic E-state index is -4.40. The van der Waals surface area contributed by atoms with E-state index < -0.39 is 26.5 Å². The molecule has 0 spiro atoms. The molecule has 2 unspecified atom stereocenters. The lowest BCUT2D eigenvalue weighted by molar-refractivity contribution is -0.161. The molecule has 0 rings (SSSR count). The van der Waals surface area contributed by atoms with Crippen LogP contribution in [0.1, 0.15) is 354 Å². The molecule has 0 aromatic rings. The Balaban J connectivity index is 3.85. The second-order valence-electron chi connectivity index (χ2n) is 24.4. The van der Waals surface area contributed by atoms with Crippen LogP contribution in [0.25, 0.3) is 0 Å². The van der Waals surface area contributed by atoms with Crippen LogP contribution in [0, 0.1) is 0 Å². The quantitative estimate of drug-likeness (QED) is 0.0264. The molecule has 0 aromatic heterocycles. The van der Waals surface area contributed by atoms with Crippen LogP contribution in [0.5, 0.6) is 0 Å². The van der Waals surface area contributed by atoms with E-state index in [1.54, 1.807) is 0 Å². The van der Waals surface area contributed by atoms with Crippen LogP contribution in [0.15, 0.2) is 85.1 Å². The molecule has 3 N–H and O–H groups in total. The van der Waals surface area contributed by atoms with Crippen LogP contribution in [-0.2, 0) is 32.7 Å². The third-order valence-corrected chi connectivity index (χ3v) is 17.0. The summed E-state index contributed by atoms with van der Waals surface area (Å²) < 4.78 is 33.2. The number of unbranched alkanes of at least 4 members (excludes halogenated alkanes) is 42. The molecule has 9 nitrogen and oxygen atoms in total. The summed E-state index contributed by atoms with van der Waals surface area (Å²) in [5.74, 6) is -0.830. The second-order valence-corrected chi connectivity index (χ2v) is 25.9. The van der Waals surface area contributed by atoms with Gasteiger partial charge in [0.1, 0.15) is 6.61 Å². The first kappa shape index (κ1) is 83.2. The average Bonchev–Trinajstić information content (AvgIpc) is 3.55. The summed E-state index contributed by atoms with van der Waals surface area (Å²) >= 11 is 0. The van der Waals surface area contributed by atoms with E-state index in [2.05, 4.69) is 98.9 Å². The van der Waals surface area contributed by atoms with Gasteiger partial charge in [0.25, 0.3) is 0 Å². The van der Waals surface area contributed by atoms with Gasteiger partial charge in [0.15, 0.2) is 6.10 Å². The molecule has 0 saturated heterocycles. The highest BCUT2D eigenvalue weighted by Crippen LogP contribution is 2.43. The van der Waals surface area contributed by atoms with E-state index in [-0.39, 0.29) is 38.6 Å². The number of allylic oxidation sites excluding steroid dienone is 14. The lowest BCUT2D eigenvalue weighted by atomic mass is 10.0. The molecule has 0 fully saturated rings. The van der Waals surface area contributed by atoms with Crippen molar-refractivity contribution < 1.29 is 37.6 Å². The maximum atomic E-state index is 12.8. The van der Waals surface area contributed by atoms with Gasteiger partial charge in [-0.1, -0.05) is 356 Å². The van der Waals surface area contributed by atoms with Crippen molar-refractivity contribution in [1.82, 2.24) is 0 Å². The Morgan fingerprint density at radius 3 is 0.953 bits per heavy atom. The zero-order valence-electron chi connectivity index (χ0n) is 56.3. The molecule has 0 heterocycles. The van der Waals surface area contributed by atoms with Crippen molar-refractivity contribution in [3.05, 3.63) is 85.1 Å². The van der Waals surface area contributed by atoms with Gasteiger partial charge in [0.05, 0.1) is 13.2 Å². The Morgan fingerprint density at radius 2 is 0.640 bits per heavy atom. The van der Waals surface area contributed by atoms with Crippen molar-refractivity contribution in [3.8, 4) is 0 Å². The molecule has 0 aliphatic carbocycles. The summed E-state index contributed by atoms with van der Waals surface area (Å²) in [5.41, 5.74) is 5.40. The van der Waals surface area contributed by atoms with E-state index in [4.69, 9.17) is 24.3 Å². The van der Waals surface area contributed by atoms with E-state index >= 15 is 0 Å². The first-order valence-corrected chi connectivity index (χ1v) is 38.1. The van der Waals surface area contributed by atoms with Crippen molar-refractivity contribution in [1.29, 1.82) is 0 Å². The largest absolute Gasteiger partial charge is 0.472 e. The average molecular weight is 1220 g/mol. The molecule has 0 saturated carbocycles. The maximum absolute atomic E-state index is 12.8. The fourth-order valence-electron chi connectivity index (χ4n) is 10.7. The van der Waals surface area contributed by atoms with Crippen LogP contribution in [-0.4, -0.2) is 49.3 Å². The van der Waals surface area contributed by atoms with Crippen molar-refractivity contribution in [2.24, 2.45) is 5.73 Å². The number of carbonyl (C=O) groups excluding carboxylic acids is 2. The molecule has 86 heavy (non-hydrogen) atoms. The number of rotatable bonds is 69. The Hall–Kier alpha value is -2.81. The molecular formula is C76H138NO8P. The van der Waals surface area contributed by atoms with Crippen LogP contribution >= 0.6 is 7.82 Å². The van der Waals surface area contributed by atoms with Gasteiger partial charge in [-0.15, -0.1) is 0 Å². The predicted molar refractivity (Wildman–Crippen MR) is 372 cm³/mol. The zero-order chi connectivity index (χ0) is 62.3. The van der Waals surface area contributed by atoms with E-state index in [1.165, 1.54) is 231 Å². The lowest BCUT2D eigenvalue weighted by Gasteiger charge is -2.19. The normalized spacial score (nSPS) is 13.4. The molecule has 10 heteroatoms. The summed E-state index contributed by atoms with van der Waals surface area (Å²) in [7, 11) is -4.40. The number of esters is 2. The molecule has 0 amide bonds. The number of phosphoric ester groups is 1. The third-order valence-electron chi connectivity index (χ3n) is 16.0. The number of ether oxygens (including phenoxy) is 2. The van der Waals surface area contributed by atoms with Gasteiger partial charge in [0.2, 0.25) is 0 Å². The molecule has 0 radical (unpaired) electrons. The summed E-state index contributed by atoms with van der Waals surface area (Å²) in [6.07, 6.45) is 95.6. The fourth-order valence-corrected chi connectivity index (χ4v) is 11.4. The number of hydrogen-bond acceptors (Lipinski definition) is 8. The summed E-state index contributed by atoms with van der Waals surface area (Å²) in [6.45, 7) is 3.66. The van der Waals surface area contributed by atoms with Gasteiger partial charge in [-0.2, -0.15) is 0 Å². The van der Waals surface area contributed by atoms with Crippen LogP contribution in [0.3, 0.4) is 0 Å². The third kappa shape index (κ3) is 70.3. The smallest absolute Gasteiger partial charge is 0.462 e. The van der Waals surface area contributed by atoms with Crippen molar-refractivity contribution in [2.75, 3.05) is 26.4 Å². The van der Waals surface area contributed by atoms with Crippen molar-refractivity contribution in [2.45, 2.75) is 360 Å². The van der Waals surface area contributed by atoms with Gasteiger partial charge in [-0.25, -0.2) is 4.57 Å². The van der Waals surface area contributed by atoms with Crippen LogP contribution in [0.2, 0.25) is 0 Å². The van der Waals surface area contributed by atoms with Crippen molar-refractivity contribution in [3.63, 3.8) is 0 Å². The van der Waals surface area contributed by atoms with Crippen LogP contribution < -0.4 is 5.73 Å². The molecule has 0 bridgehead atoms. The van der Waals surface area contributed by atoms with Gasteiger partial charge in [0, 0.05) is 19.4 Å². The highest BCUT2D eigenvalue weighted by atomic mass is 31.2. The first-order chi connectivity index (χ1) is 42.3. The summed E-state index contributed by atoms with van der Waals surface area (Å²) in [5, 5.41) is 0. The molecule has 0 aliphatic rings. The molecule has 500 valence electrons. The topological polar surface area (TPSA) is 134 Å². The highest BCUT2D eigenvalue weighted by molar-refractivity contribution is 7.47. The second kappa shape index (κ2) is 71.3.